The highest BCUT2D eigenvalue weighted by atomic mass is 15.3. The van der Waals surface area contributed by atoms with E-state index in [0.717, 1.165) is 6.54 Å². The first-order valence-corrected chi connectivity index (χ1v) is 10.7. The van der Waals surface area contributed by atoms with Gasteiger partial charge < -0.3 is 0 Å². The summed E-state index contributed by atoms with van der Waals surface area (Å²) in [6.07, 6.45) is 0. The SMILES string of the molecule is c1ccc(-n2c3[n+](c4c2c2ccccc2n4-c2ccccc2)Cc2ccccc2-3)cc1. The summed E-state index contributed by atoms with van der Waals surface area (Å²) in [4.78, 5) is 0. The molecule has 3 nitrogen and oxygen atoms in total. The molecule has 3 heteroatoms. The zero-order valence-corrected chi connectivity index (χ0v) is 16.9. The molecule has 146 valence electrons. The second-order valence-electron chi connectivity index (χ2n) is 8.10. The number of para-hydroxylation sites is 3. The summed E-state index contributed by atoms with van der Waals surface area (Å²) < 4.78 is 7.35. The van der Waals surface area contributed by atoms with Gasteiger partial charge in [0.25, 0.3) is 5.65 Å². The zero-order chi connectivity index (χ0) is 20.4. The number of hydrogen-bond acceptors (Lipinski definition) is 0. The molecular weight excluding hydrogens is 378 g/mol. The number of nitrogens with zero attached hydrogens (tertiary/aromatic N) is 3. The molecule has 0 saturated carbocycles. The first kappa shape index (κ1) is 16.7. The molecule has 0 bridgehead atoms. The van der Waals surface area contributed by atoms with E-state index in [1.54, 1.807) is 0 Å². The molecule has 0 saturated heterocycles. The summed E-state index contributed by atoms with van der Waals surface area (Å²) >= 11 is 0. The van der Waals surface area contributed by atoms with Gasteiger partial charge in [0, 0.05) is 5.56 Å². The van der Waals surface area contributed by atoms with Crippen molar-refractivity contribution in [1.29, 1.82) is 0 Å². The highest BCUT2D eigenvalue weighted by Crippen LogP contribution is 2.39. The Bertz CT molecular complexity index is 1590. The van der Waals surface area contributed by atoms with Crippen LogP contribution in [0.4, 0.5) is 0 Å². The van der Waals surface area contributed by atoms with Crippen LogP contribution in [-0.2, 0) is 6.54 Å². The molecule has 0 unspecified atom stereocenters. The molecule has 0 radical (unpaired) electrons. The van der Waals surface area contributed by atoms with Gasteiger partial charge in [-0.15, -0.1) is 0 Å². The van der Waals surface area contributed by atoms with Crippen molar-refractivity contribution in [3.8, 4) is 22.8 Å². The number of hydrogen-bond donors (Lipinski definition) is 0. The van der Waals surface area contributed by atoms with E-state index in [-0.39, 0.29) is 0 Å². The van der Waals surface area contributed by atoms with Crippen LogP contribution < -0.4 is 4.57 Å². The molecule has 31 heavy (non-hydrogen) atoms. The Morgan fingerprint density at radius 1 is 0.581 bits per heavy atom. The first-order chi connectivity index (χ1) is 15.4. The largest absolute Gasteiger partial charge is 0.275 e. The van der Waals surface area contributed by atoms with Gasteiger partial charge in [-0.05, 0) is 42.5 Å². The molecular formula is C28H20N3+. The molecule has 6 aromatic rings. The Kier molecular flexibility index (Phi) is 3.33. The van der Waals surface area contributed by atoms with Gasteiger partial charge in [0.15, 0.2) is 5.52 Å². The molecule has 0 aliphatic carbocycles. The zero-order valence-electron chi connectivity index (χ0n) is 16.9. The van der Waals surface area contributed by atoms with E-state index in [1.165, 1.54) is 50.4 Å². The second kappa shape index (κ2) is 6.19. The lowest BCUT2D eigenvalue weighted by atomic mass is 10.1. The minimum absolute atomic E-state index is 0.880. The molecule has 7 rings (SSSR count). The van der Waals surface area contributed by atoms with Crippen molar-refractivity contribution in [1.82, 2.24) is 9.13 Å². The lowest BCUT2D eigenvalue weighted by Gasteiger charge is -2.05. The van der Waals surface area contributed by atoms with Crippen molar-refractivity contribution in [2.75, 3.05) is 0 Å². The van der Waals surface area contributed by atoms with E-state index in [9.17, 15) is 0 Å². The molecule has 4 aromatic carbocycles. The smallest absolute Gasteiger partial charge is 0.224 e. The van der Waals surface area contributed by atoms with Crippen LogP contribution in [0.5, 0.6) is 0 Å². The summed E-state index contributed by atoms with van der Waals surface area (Å²) in [5.41, 5.74) is 8.78. The van der Waals surface area contributed by atoms with Crippen LogP contribution in [0, 0.1) is 0 Å². The van der Waals surface area contributed by atoms with E-state index in [4.69, 9.17) is 0 Å². The van der Waals surface area contributed by atoms with Crippen LogP contribution in [0.3, 0.4) is 0 Å². The van der Waals surface area contributed by atoms with Crippen molar-refractivity contribution in [2.24, 2.45) is 0 Å². The van der Waals surface area contributed by atoms with Crippen molar-refractivity contribution >= 4 is 22.1 Å². The van der Waals surface area contributed by atoms with Crippen LogP contribution in [0.2, 0.25) is 0 Å². The summed E-state index contributed by atoms with van der Waals surface area (Å²) in [7, 11) is 0. The van der Waals surface area contributed by atoms with Crippen LogP contribution in [0.25, 0.3) is 44.8 Å². The van der Waals surface area contributed by atoms with E-state index >= 15 is 0 Å². The minimum Gasteiger partial charge on any atom is -0.224 e. The minimum atomic E-state index is 0.880. The Balaban J connectivity index is 1.73. The summed E-state index contributed by atoms with van der Waals surface area (Å²) in [6, 6.07) is 39.0. The van der Waals surface area contributed by atoms with Crippen LogP contribution in [0.1, 0.15) is 5.56 Å². The first-order valence-electron chi connectivity index (χ1n) is 10.7. The molecule has 0 spiro atoms. The standard InChI is InChI=1S/C28H20N3/c1-3-12-21(13-4-1)30-25-18-10-9-17-24(25)26-28(30)29-19-20-11-7-8-16-23(20)27(29)31(26)22-14-5-2-6-15-22/h1-18H,19H2/q+1. The van der Waals surface area contributed by atoms with Gasteiger partial charge in [0.1, 0.15) is 16.9 Å². The fourth-order valence-corrected chi connectivity index (χ4v) is 5.13. The molecule has 0 fully saturated rings. The predicted molar refractivity (Wildman–Crippen MR) is 125 cm³/mol. The number of aromatic nitrogens is 3. The second-order valence-corrected chi connectivity index (χ2v) is 8.10. The van der Waals surface area contributed by atoms with Crippen LogP contribution >= 0.6 is 0 Å². The molecule has 0 amide bonds. The number of imidazole rings is 1. The van der Waals surface area contributed by atoms with Gasteiger partial charge in [0.2, 0.25) is 5.82 Å². The molecule has 1 aliphatic rings. The van der Waals surface area contributed by atoms with Crippen molar-refractivity contribution < 1.29 is 4.57 Å². The molecule has 3 heterocycles. The van der Waals surface area contributed by atoms with Crippen LogP contribution in [0.15, 0.2) is 109 Å². The average Bonchev–Trinajstić information content (AvgIpc) is 3.47. The van der Waals surface area contributed by atoms with Gasteiger partial charge in [-0.1, -0.05) is 66.7 Å². The molecule has 0 N–H and O–H groups in total. The molecule has 1 aliphatic heterocycles. The summed E-state index contributed by atoms with van der Waals surface area (Å²) in [5.74, 6) is 1.25. The Morgan fingerprint density at radius 3 is 1.97 bits per heavy atom. The lowest BCUT2D eigenvalue weighted by Crippen LogP contribution is -2.33. The van der Waals surface area contributed by atoms with Crippen LogP contribution in [-0.4, -0.2) is 9.13 Å². The summed E-state index contributed by atoms with van der Waals surface area (Å²) in [6.45, 7) is 0.880. The van der Waals surface area contributed by atoms with Gasteiger partial charge >= 0.3 is 0 Å². The normalized spacial score (nSPS) is 12.4. The Hall–Kier alpha value is -4.11. The predicted octanol–water partition coefficient (Wildman–Crippen LogP) is 5.89. The van der Waals surface area contributed by atoms with Gasteiger partial charge in [-0.2, -0.15) is 0 Å². The maximum Gasteiger partial charge on any atom is 0.275 e. The summed E-state index contributed by atoms with van der Waals surface area (Å²) in [5, 5.41) is 1.27. The molecule has 2 aromatic heterocycles. The third-order valence-electron chi connectivity index (χ3n) is 6.39. The Labute approximate surface area is 180 Å². The van der Waals surface area contributed by atoms with Gasteiger partial charge in [-0.25, -0.2) is 13.7 Å². The van der Waals surface area contributed by atoms with E-state index < -0.39 is 0 Å². The average molecular weight is 398 g/mol. The number of rotatable bonds is 2. The quantitative estimate of drug-likeness (QED) is 0.322. The Morgan fingerprint density at radius 2 is 1.19 bits per heavy atom. The maximum absolute atomic E-state index is 2.49. The molecule has 0 atom stereocenters. The van der Waals surface area contributed by atoms with E-state index in [2.05, 4.69) is 123 Å². The van der Waals surface area contributed by atoms with Crippen molar-refractivity contribution in [3.63, 3.8) is 0 Å². The monoisotopic (exact) mass is 398 g/mol. The van der Waals surface area contributed by atoms with E-state index in [0.29, 0.717) is 0 Å². The third kappa shape index (κ3) is 2.20. The maximum atomic E-state index is 2.49. The number of fused-ring (bicyclic) bond motifs is 7. The highest BCUT2D eigenvalue weighted by Gasteiger charge is 2.37. The van der Waals surface area contributed by atoms with Gasteiger partial charge in [-0.3, -0.25) is 0 Å². The topological polar surface area (TPSA) is 13.7 Å². The highest BCUT2D eigenvalue weighted by molar-refractivity contribution is 6.07. The van der Waals surface area contributed by atoms with Crippen molar-refractivity contribution in [2.45, 2.75) is 6.54 Å². The lowest BCUT2D eigenvalue weighted by molar-refractivity contribution is -0.648. The van der Waals surface area contributed by atoms with E-state index in [1.807, 2.05) is 0 Å². The third-order valence-corrected chi connectivity index (χ3v) is 6.39. The fraction of sp³-hybridized carbons (Fsp3) is 0.0357. The number of benzene rings is 4. The van der Waals surface area contributed by atoms with Crippen molar-refractivity contribution in [3.05, 3.63) is 115 Å². The fourth-order valence-electron chi connectivity index (χ4n) is 5.13. The van der Waals surface area contributed by atoms with Gasteiger partial charge in [0.05, 0.1) is 17.5 Å².